The maximum Gasteiger partial charge on any atom is 0.278 e. The Balaban J connectivity index is 1.89. The molecule has 1 aromatic heterocycles. The third-order valence-corrected chi connectivity index (χ3v) is 3.70. The highest BCUT2D eigenvalue weighted by Crippen LogP contribution is 2.15. The van der Waals surface area contributed by atoms with Crippen molar-refractivity contribution in [1.29, 1.82) is 0 Å². The van der Waals surface area contributed by atoms with Gasteiger partial charge in [-0.3, -0.25) is 4.79 Å². The Labute approximate surface area is 154 Å². The predicted molar refractivity (Wildman–Crippen MR) is 103 cm³/mol. The summed E-state index contributed by atoms with van der Waals surface area (Å²) in [6.07, 6.45) is 1.59. The lowest BCUT2D eigenvalue weighted by atomic mass is 10.2. The zero-order valence-corrected chi connectivity index (χ0v) is 15.7. The van der Waals surface area contributed by atoms with E-state index in [0.29, 0.717) is 11.8 Å². The molecule has 0 radical (unpaired) electrons. The summed E-state index contributed by atoms with van der Waals surface area (Å²) in [6, 6.07) is 9.53. The van der Waals surface area contributed by atoms with Crippen molar-refractivity contribution in [1.82, 2.24) is 15.4 Å². The summed E-state index contributed by atoms with van der Waals surface area (Å²) in [5.74, 6) is 0.619. The van der Waals surface area contributed by atoms with Gasteiger partial charge in [-0.2, -0.15) is 10.1 Å². The first-order chi connectivity index (χ1) is 12.5. The molecule has 1 N–H and O–H groups in total. The number of carbonyl (C=O) groups excluding carboxylic acids is 1. The molecule has 0 bridgehead atoms. The normalized spacial score (nSPS) is 10.8. The molecule has 0 aliphatic heterocycles. The van der Waals surface area contributed by atoms with Crippen LogP contribution in [0.1, 0.15) is 30.7 Å². The maximum absolute atomic E-state index is 11.9. The topological polar surface area (TPSA) is 79.7 Å². The van der Waals surface area contributed by atoms with Gasteiger partial charge >= 0.3 is 0 Å². The second-order valence-corrected chi connectivity index (χ2v) is 5.81. The van der Waals surface area contributed by atoms with Crippen molar-refractivity contribution in [3.05, 3.63) is 47.2 Å². The highest BCUT2D eigenvalue weighted by atomic mass is 16.5. The second-order valence-electron chi connectivity index (χ2n) is 5.81. The number of rotatable bonds is 8. The molecule has 7 heteroatoms. The van der Waals surface area contributed by atoms with Crippen LogP contribution in [0, 0.1) is 13.8 Å². The van der Waals surface area contributed by atoms with Crippen LogP contribution in [-0.2, 0) is 4.79 Å². The smallest absolute Gasteiger partial charge is 0.278 e. The van der Waals surface area contributed by atoms with Gasteiger partial charge in [0.1, 0.15) is 0 Å². The van der Waals surface area contributed by atoms with Crippen LogP contribution < -0.4 is 15.1 Å². The molecule has 0 unspecified atom stereocenters. The van der Waals surface area contributed by atoms with Crippen molar-refractivity contribution in [2.45, 2.75) is 27.7 Å². The van der Waals surface area contributed by atoms with Crippen LogP contribution in [0.25, 0.3) is 0 Å². The number of aromatic nitrogens is 2. The summed E-state index contributed by atoms with van der Waals surface area (Å²) in [6.45, 7) is 9.39. The molecule has 1 heterocycles. The first-order valence-corrected chi connectivity index (χ1v) is 8.63. The lowest BCUT2D eigenvalue weighted by molar-refractivity contribution is -0.123. The molecule has 2 rings (SSSR count). The third kappa shape index (κ3) is 5.84. The average Bonchev–Trinajstić information content (AvgIpc) is 2.62. The van der Waals surface area contributed by atoms with Gasteiger partial charge in [-0.25, -0.2) is 10.4 Å². The third-order valence-electron chi connectivity index (χ3n) is 3.70. The molecule has 1 amide bonds. The summed E-state index contributed by atoms with van der Waals surface area (Å²) in [5, 5.41) is 3.93. The fourth-order valence-corrected chi connectivity index (χ4v) is 2.25. The van der Waals surface area contributed by atoms with Crippen LogP contribution in [0.4, 0.5) is 5.95 Å². The molecule has 0 spiro atoms. The number of nitrogens with one attached hydrogen (secondary N) is 1. The standard InChI is InChI=1S/C19H25N5O2/c1-5-24(6-2)19-21-15(4)11-18(22-19)26-13-17(25)23-20-12-16-9-7-14(3)8-10-16/h7-12H,5-6,13H2,1-4H3,(H,23,25). The van der Waals surface area contributed by atoms with Crippen LogP contribution in [0.3, 0.4) is 0 Å². The lowest BCUT2D eigenvalue weighted by Crippen LogP contribution is -2.26. The van der Waals surface area contributed by atoms with E-state index in [1.54, 1.807) is 12.3 Å². The Morgan fingerprint density at radius 1 is 1.19 bits per heavy atom. The summed E-state index contributed by atoms with van der Waals surface area (Å²) in [7, 11) is 0. The van der Waals surface area contributed by atoms with Crippen molar-refractivity contribution in [3.63, 3.8) is 0 Å². The molecule has 26 heavy (non-hydrogen) atoms. The lowest BCUT2D eigenvalue weighted by Gasteiger charge is -2.19. The molecular formula is C19H25N5O2. The minimum absolute atomic E-state index is 0.167. The summed E-state index contributed by atoms with van der Waals surface area (Å²) >= 11 is 0. The van der Waals surface area contributed by atoms with Gasteiger partial charge in [0, 0.05) is 24.8 Å². The van der Waals surface area contributed by atoms with E-state index in [4.69, 9.17) is 4.74 Å². The summed E-state index contributed by atoms with van der Waals surface area (Å²) < 4.78 is 5.48. The molecule has 7 nitrogen and oxygen atoms in total. The maximum atomic E-state index is 11.9. The van der Waals surface area contributed by atoms with E-state index in [-0.39, 0.29) is 12.5 Å². The molecule has 0 fully saturated rings. The highest BCUT2D eigenvalue weighted by molar-refractivity contribution is 5.82. The van der Waals surface area contributed by atoms with Gasteiger partial charge in [0.2, 0.25) is 11.8 Å². The molecule has 0 saturated carbocycles. The van der Waals surface area contributed by atoms with Crippen molar-refractivity contribution in [2.24, 2.45) is 5.10 Å². The van der Waals surface area contributed by atoms with E-state index < -0.39 is 0 Å². The average molecular weight is 355 g/mol. The van der Waals surface area contributed by atoms with Crippen LogP contribution in [0.5, 0.6) is 5.88 Å². The minimum Gasteiger partial charge on any atom is -0.467 e. The molecule has 0 saturated heterocycles. The number of ether oxygens (including phenoxy) is 1. The van der Waals surface area contributed by atoms with E-state index >= 15 is 0 Å². The first kappa shape index (κ1) is 19.4. The van der Waals surface area contributed by atoms with E-state index in [2.05, 4.69) is 20.5 Å². The van der Waals surface area contributed by atoms with Gasteiger partial charge in [-0.05, 0) is 33.3 Å². The number of benzene rings is 1. The number of aryl methyl sites for hydroxylation is 2. The van der Waals surface area contributed by atoms with Crippen LogP contribution in [0.15, 0.2) is 35.4 Å². The number of hydrogen-bond acceptors (Lipinski definition) is 6. The van der Waals surface area contributed by atoms with Crippen molar-refractivity contribution >= 4 is 18.1 Å². The zero-order chi connectivity index (χ0) is 18.9. The fourth-order valence-electron chi connectivity index (χ4n) is 2.25. The van der Waals surface area contributed by atoms with Crippen LogP contribution in [0.2, 0.25) is 0 Å². The van der Waals surface area contributed by atoms with Gasteiger partial charge in [-0.1, -0.05) is 29.8 Å². The van der Waals surface area contributed by atoms with E-state index in [1.807, 2.05) is 56.9 Å². The van der Waals surface area contributed by atoms with E-state index in [1.165, 1.54) is 5.56 Å². The quantitative estimate of drug-likeness (QED) is 0.581. The van der Waals surface area contributed by atoms with Crippen molar-refractivity contribution < 1.29 is 9.53 Å². The van der Waals surface area contributed by atoms with Gasteiger partial charge < -0.3 is 9.64 Å². The summed E-state index contributed by atoms with van der Waals surface area (Å²) in [5.41, 5.74) is 5.31. The Hall–Kier alpha value is -2.96. The predicted octanol–water partition coefficient (Wildman–Crippen LogP) is 2.47. The highest BCUT2D eigenvalue weighted by Gasteiger charge is 2.10. The first-order valence-electron chi connectivity index (χ1n) is 8.63. The summed E-state index contributed by atoms with van der Waals surface area (Å²) in [4.78, 5) is 22.7. The number of carbonyl (C=O) groups is 1. The molecule has 1 aromatic carbocycles. The number of hydrogen-bond donors (Lipinski definition) is 1. The minimum atomic E-state index is -0.353. The monoisotopic (exact) mass is 355 g/mol. The molecule has 2 aromatic rings. The van der Waals surface area contributed by atoms with Crippen LogP contribution >= 0.6 is 0 Å². The number of nitrogens with zero attached hydrogens (tertiary/aromatic N) is 4. The zero-order valence-electron chi connectivity index (χ0n) is 15.7. The van der Waals surface area contributed by atoms with Gasteiger partial charge in [0.15, 0.2) is 6.61 Å². The van der Waals surface area contributed by atoms with Crippen molar-refractivity contribution in [3.8, 4) is 5.88 Å². The van der Waals surface area contributed by atoms with Crippen molar-refractivity contribution in [2.75, 3.05) is 24.6 Å². The Morgan fingerprint density at radius 2 is 1.88 bits per heavy atom. The number of anilines is 1. The SMILES string of the molecule is CCN(CC)c1nc(C)cc(OCC(=O)NN=Cc2ccc(C)cc2)n1. The number of amides is 1. The molecule has 0 atom stereocenters. The van der Waals surface area contributed by atoms with Gasteiger partial charge in [0.25, 0.3) is 5.91 Å². The second kappa shape index (κ2) is 9.50. The Morgan fingerprint density at radius 3 is 2.54 bits per heavy atom. The Kier molecular flexibility index (Phi) is 7.08. The molecule has 138 valence electrons. The number of hydrazone groups is 1. The van der Waals surface area contributed by atoms with E-state index in [0.717, 1.165) is 24.3 Å². The van der Waals surface area contributed by atoms with E-state index in [9.17, 15) is 4.79 Å². The largest absolute Gasteiger partial charge is 0.467 e. The fraction of sp³-hybridized carbons (Fsp3) is 0.368. The van der Waals surface area contributed by atoms with Gasteiger partial charge in [0.05, 0.1) is 6.21 Å². The van der Waals surface area contributed by atoms with Gasteiger partial charge in [-0.15, -0.1) is 0 Å². The Bertz CT molecular complexity index is 755. The van der Waals surface area contributed by atoms with Crippen LogP contribution in [-0.4, -0.2) is 41.8 Å². The molecule has 0 aliphatic rings. The molecule has 0 aliphatic carbocycles. The molecular weight excluding hydrogens is 330 g/mol.